The summed E-state index contributed by atoms with van der Waals surface area (Å²) in [4.78, 5) is 19.7. The Morgan fingerprint density at radius 1 is 1.12 bits per heavy atom. The molecule has 5 heteroatoms. The van der Waals surface area contributed by atoms with E-state index in [0.29, 0.717) is 18.6 Å². The number of thiophene rings is 1. The molecule has 138 valence electrons. The van der Waals surface area contributed by atoms with Gasteiger partial charge >= 0.3 is 0 Å². The minimum absolute atomic E-state index is 0.191. The summed E-state index contributed by atoms with van der Waals surface area (Å²) in [7, 11) is 1.69. The van der Waals surface area contributed by atoms with Gasteiger partial charge in [0.2, 0.25) is 0 Å². The molecule has 0 saturated carbocycles. The predicted molar refractivity (Wildman–Crippen MR) is 104 cm³/mol. The van der Waals surface area contributed by atoms with E-state index >= 15 is 0 Å². The number of fused-ring (bicyclic) bond motifs is 4. The number of piperidine rings is 1. The van der Waals surface area contributed by atoms with Crippen LogP contribution in [0.1, 0.15) is 33.0 Å². The van der Waals surface area contributed by atoms with E-state index in [1.54, 1.807) is 18.4 Å². The maximum absolute atomic E-state index is 13.0. The lowest BCUT2D eigenvalue weighted by molar-refractivity contribution is 0.0741. The van der Waals surface area contributed by atoms with Gasteiger partial charge in [0, 0.05) is 44.2 Å². The van der Waals surface area contributed by atoms with Gasteiger partial charge in [0.05, 0.1) is 11.5 Å². The SMILES string of the molecule is COCc1ccc(C(=O)N2C[C@@H]3CC[C@H](C2)N(Cc2ccccc2)C3)s1. The molecule has 0 radical (unpaired) electrons. The van der Waals surface area contributed by atoms with Crippen LogP contribution >= 0.6 is 11.3 Å². The lowest BCUT2D eigenvalue weighted by Gasteiger charge is -2.36. The minimum Gasteiger partial charge on any atom is -0.379 e. The van der Waals surface area contributed by atoms with Gasteiger partial charge in [-0.2, -0.15) is 0 Å². The molecular formula is C21H26N2O2S. The number of nitrogens with zero attached hydrogens (tertiary/aromatic N) is 2. The first-order valence-corrected chi connectivity index (χ1v) is 10.2. The van der Waals surface area contributed by atoms with E-state index in [-0.39, 0.29) is 5.91 Å². The van der Waals surface area contributed by atoms with Gasteiger partial charge < -0.3 is 9.64 Å². The number of benzene rings is 1. The number of hydrogen-bond acceptors (Lipinski definition) is 4. The van der Waals surface area contributed by atoms with Crippen LogP contribution in [0.4, 0.5) is 0 Å². The van der Waals surface area contributed by atoms with Crippen LogP contribution in [0.2, 0.25) is 0 Å². The average molecular weight is 371 g/mol. The van der Waals surface area contributed by atoms with E-state index in [0.717, 1.165) is 35.9 Å². The molecule has 1 aromatic heterocycles. The first kappa shape index (κ1) is 17.7. The van der Waals surface area contributed by atoms with Crippen molar-refractivity contribution in [3.8, 4) is 0 Å². The monoisotopic (exact) mass is 370 g/mol. The van der Waals surface area contributed by atoms with Crippen LogP contribution in [0.25, 0.3) is 0 Å². The van der Waals surface area contributed by atoms with Crippen molar-refractivity contribution in [2.45, 2.75) is 32.0 Å². The van der Waals surface area contributed by atoms with Crippen molar-refractivity contribution in [3.05, 3.63) is 57.8 Å². The lowest BCUT2D eigenvalue weighted by atomic mass is 9.94. The second kappa shape index (κ2) is 7.91. The third-order valence-electron chi connectivity index (χ3n) is 5.50. The van der Waals surface area contributed by atoms with Crippen molar-refractivity contribution >= 4 is 17.2 Å². The molecule has 3 aliphatic heterocycles. The summed E-state index contributed by atoms with van der Waals surface area (Å²) in [5.41, 5.74) is 1.36. The topological polar surface area (TPSA) is 32.8 Å². The highest BCUT2D eigenvalue weighted by Gasteiger charge is 2.36. The van der Waals surface area contributed by atoms with Gasteiger partial charge in [-0.1, -0.05) is 30.3 Å². The third-order valence-corrected chi connectivity index (χ3v) is 6.55. The Morgan fingerprint density at radius 3 is 2.77 bits per heavy atom. The van der Waals surface area contributed by atoms with E-state index in [4.69, 9.17) is 4.74 Å². The van der Waals surface area contributed by atoms with Crippen LogP contribution in [-0.4, -0.2) is 48.5 Å². The van der Waals surface area contributed by atoms with Crippen LogP contribution in [0.5, 0.6) is 0 Å². The van der Waals surface area contributed by atoms with Gasteiger partial charge in [0.25, 0.3) is 5.91 Å². The summed E-state index contributed by atoms with van der Waals surface area (Å²) in [5, 5.41) is 0. The van der Waals surface area contributed by atoms with Crippen molar-refractivity contribution in [2.24, 2.45) is 5.92 Å². The summed E-state index contributed by atoms with van der Waals surface area (Å²) in [6.07, 6.45) is 2.43. The number of hydrogen-bond donors (Lipinski definition) is 0. The largest absolute Gasteiger partial charge is 0.379 e. The quantitative estimate of drug-likeness (QED) is 0.806. The molecule has 26 heavy (non-hydrogen) atoms. The Labute approximate surface area is 159 Å². The van der Waals surface area contributed by atoms with Gasteiger partial charge in [0.15, 0.2) is 0 Å². The van der Waals surface area contributed by atoms with Crippen LogP contribution in [-0.2, 0) is 17.9 Å². The van der Waals surface area contributed by atoms with Crippen molar-refractivity contribution < 1.29 is 9.53 Å². The Kier molecular flexibility index (Phi) is 5.38. The van der Waals surface area contributed by atoms with E-state index in [1.807, 2.05) is 12.1 Å². The van der Waals surface area contributed by atoms with Crippen molar-refractivity contribution in [3.63, 3.8) is 0 Å². The zero-order valence-electron chi connectivity index (χ0n) is 15.3. The Morgan fingerprint density at radius 2 is 1.96 bits per heavy atom. The third kappa shape index (κ3) is 3.85. The van der Waals surface area contributed by atoms with Gasteiger partial charge in [-0.05, 0) is 36.5 Å². The number of methoxy groups -OCH3 is 1. The first-order chi connectivity index (χ1) is 12.7. The molecule has 0 spiro atoms. The van der Waals surface area contributed by atoms with Crippen LogP contribution < -0.4 is 0 Å². The molecule has 3 fully saturated rings. The molecule has 2 aromatic rings. The molecule has 4 heterocycles. The smallest absolute Gasteiger partial charge is 0.263 e. The Bertz CT molecular complexity index is 745. The zero-order chi connectivity index (χ0) is 17.9. The van der Waals surface area contributed by atoms with Gasteiger partial charge in [0.1, 0.15) is 0 Å². The van der Waals surface area contributed by atoms with Crippen molar-refractivity contribution in [2.75, 3.05) is 26.7 Å². The maximum atomic E-state index is 13.0. The molecule has 5 rings (SSSR count). The number of carbonyl (C=O) groups is 1. The van der Waals surface area contributed by atoms with Gasteiger partial charge in [-0.25, -0.2) is 0 Å². The van der Waals surface area contributed by atoms with E-state index in [1.165, 1.54) is 18.4 Å². The molecule has 0 aliphatic carbocycles. The summed E-state index contributed by atoms with van der Waals surface area (Å²) < 4.78 is 5.18. The normalized spacial score (nSPS) is 23.2. The maximum Gasteiger partial charge on any atom is 0.263 e. The standard InChI is InChI=1S/C21H26N2O2S/c1-25-15-19-9-10-20(26-19)21(24)23-13-17-7-8-18(14-23)22(12-17)11-16-5-3-2-4-6-16/h2-6,9-10,17-18H,7-8,11-15H2,1H3/t17-,18-/m1/s1. The first-order valence-electron chi connectivity index (χ1n) is 9.38. The fraction of sp³-hybridized carbons (Fsp3) is 0.476. The van der Waals surface area contributed by atoms with Crippen LogP contribution in [0.3, 0.4) is 0 Å². The summed E-state index contributed by atoms with van der Waals surface area (Å²) in [6.45, 7) is 4.40. The molecule has 2 atom stereocenters. The van der Waals surface area contributed by atoms with Gasteiger partial charge in [-0.15, -0.1) is 11.3 Å². The predicted octanol–water partition coefficient (Wildman–Crippen LogP) is 3.63. The molecule has 3 aliphatic rings. The molecule has 1 amide bonds. The lowest BCUT2D eigenvalue weighted by Crippen LogP contribution is -2.43. The number of carbonyl (C=O) groups excluding carboxylic acids is 1. The zero-order valence-corrected chi connectivity index (χ0v) is 16.1. The summed E-state index contributed by atoms with van der Waals surface area (Å²) in [6, 6.07) is 15.1. The van der Waals surface area contributed by atoms with E-state index in [2.05, 4.69) is 40.1 Å². The van der Waals surface area contributed by atoms with Crippen LogP contribution in [0, 0.1) is 5.92 Å². The van der Waals surface area contributed by atoms with E-state index in [9.17, 15) is 4.79 Å². The highest BCUT2D eigenvalue weighted by atomic mass is 32.1. The molecule has 2 bridgehead atoms. The molecule has 1 aromatic carbocycles. The second-order valence-corrected chi connectivity index (χ2v) is 8.59. The van der Waals surface area contributed by atoms with Crippen molar-refractivity contribution in [1.29, 1.82) is 0 Å². The molecule has 4 nitrogen and oxygen atoms in total. The molecule has 0 N–H and O–H groups in total. The van der Waals surface area contributed by atoms with Gasteiger partial charge in [-0.3, -0.25) is 9.69 Å². The summed E-state index contributed by atoms with van der Waals surface area (Å²) >= 11 is 1.56. The second-order valence-electron chi connectivity index (χ2n) is 7.42. The Balaban J connectivity index is 1.46. The average Bonchev–Trinajstić information content (AvgIpc) is 2.93. The number of amides is 1. The molecular weight excluding hydrogens is 344 g/mol. The number of rotatable bonds is 5. The fourth-order valence-electron chi connectivity index (χ4n) is 4.22. The highest BCUT2D eigenvalue weighted by molar-refractivity contribution is 7.14. The van der Waals surface area contributed by atoms with E-state index < -0.39 is 0 Å². The number of ether oxygens (including phenoxy) is 1. The fourth-order valence-corrected chi connectivity index (χ4v) is 5.17. The Hall–Kier alpha value is -1.69. The highest BCUT2D eigenvalue weighted by Crippen LogP contribution is 2.30. The molecule has 3 saturated heterocycles. The molecule has 0 unspecified atom stereocenters. The minimum atomic E-state index is 0.191. The van der Waals surface area contributed by atoms with Crippen LogP contribution in [0.15, 0.2) is 42.5 Å². The van der Waals surface area contributed by atoms with Crippen molar-refractivity contribution in [1.82, 2.24) is 9.80 Å². The summed E-state index contributed by atoms with van der Waals surface area (Å²) in [5.74, 6) is 0.774.